The molecular formula is C28H28N2O2Zr. The van der Waals surface area contributed by atoms with E-state index in [4.69, 9.17) is 20.7 Å². The van der Waals surface area contributed by atoms with Gasteiger partial charge in [0, 0.05) is 0 Å². The number of hydrogen-bond acceptors (Lipinski definition) is 4. The zero-order chi connectivity index (χ0) is 23.9. The number of aryl methyl sites for hydroxylation is 4. The molecule has 4 rings (SSSR count). The Hall–Kier alpha value is -3.40. The Labute approximate surface area is 215 Å². The van der Waals surface area contributed by atoms with Crippen LogP contribution in [-0.2, 0) is 26.2 Å². The smallest absolute Gasteiger partial charge is 0.507 e. The first kappa shape index (κ1) is 29.6. The molecule has 0 aliphatic heterocycles. The molecule has 0 unspecified atom stereocenters. The molecule has 0 aromatic heterocycles. The third-order valence-corrected chi connectivity index (χ3v) is 4.68. The summed E-state index contributed by atoms with van der Waals surface area (Å²) >= 11 is 0. The van der Waals surface area contributed by atoms with E-state index in [0.717, 1.165) is 0 Å². The van der Waals surface area contributed by atoms with Crippen LogP contribution in [0, 0.1) is 50.4 Å². The van der Waals surface area contributed by atoms with Crippen molar-refractivity contribution in [3.63, 3.8) is 0 Å². The second-order valence-corrected chi connectivity index (χ2v) is 7.04. The molecule has 4 aromatic carbocycles. The van der Waals surface area contributed by atoms with E-state index >= 15 is 0 Å². The maximum absolute atomic E-state index is 8.89. The van der Waals surface area contributed by atoms with Gasteiger partial charge >= 0.3 is 26.2 Å². The molecule has 0 fully saturated rings. The molecule has 0 amide bonds. The van der Waals surface area contributed by atoms with Gasteiger partial charge < -0.3 is 10.2 Å². The number of rotatable bonds is 0. The second-order valence-electron chi connectivity index (χ2n) is 7.04. The number of nitrogens with zero attached hydrogens (tertiary/aromatic N) is 2. The Morgan fingerprint density at radius 2 is 0.939 bits per heavy atom. The van der Waals surface area contributed by atoms with Crippen LogP contribution in [0.3, 0.4) is 0 Å². The zero-order valence-electron chi connectivity index (χ0n) is 19.4. The van der Waals surface area contributed by atoms with Crippen molar-refractivity contribution in [1.82, 2.24) is 0 Å². The van der Waals surface area contributed by atoms with Crippen LogP contribution >= 0.6 is 0 Å². The summed E-state index contributed by atoms with van der Waals surface area (Å²) in [6.07, 6.45) is 0. The van der Waals surface area contributed by atoms with Gasteiger partial charge in [0.1, 0.15) is 23.6 Å². The molecular weight excluding hydrogens is 488 g/mol. The third-order valence-electron chi connectivity index (χ3n) is 4.68. The van der Waals surface area contributed by atoms with Crippen LogP contribution < -0.4 is 0 Å². The average Bonchev–Trinajstić information content (AvgIpc) is 3.36. The van der Waals surface area contributed by atoms with E-state index in [9.17, 15) is 0 Å². The largest absolute Gasteiger partial charge is 2.00 e. The first-order valence-electron chi connectivity index (χ1n) is 10.0. The Kier molecular flexibility index (Phi) is 14.6. The molecule has 4 aromatic rings. The van der Waals surface area contributed by atoms with Crippen LogP contribution in [0.4, 0.5) is 0 Å². The molecule has 0 saturated carbocycles. The van der Waals surface area contributed by atoms with Gasteiger partial charge in [0.15, 0.2) is 0 Å². The van der Waals surface area contributed by atoms with Crippen LogP contribution in [0.1, 0.15) is 33.4 Å². The van der Waals surface area contributed by atoms with Gasteiger partial charge in [-0.25, -0.2) is 24.3 Å². The number of hydrogen-bond donors (Lipinski definition) is 2. The summed E-state index contributed by atoms with van der Waals surface area (Å²) in [6, 6.07) is 29.2. The molecule has 0 bridgehead atoms. The predicted octanol–water partition coefficient (Wildman–Crippen LogP) is 6.57. The zero-order valence-corrected chi connectivity index (χ0v) is 21.8. The Balaban J connectivity index is 0.000000412. The van der Waals surface area contributed by atoms with Crippen molar-refractivity contribution in [3.8, 4) is 23.6 Å². The summed E-state index contributed by atoms with van der Waals surface area (Å²) in [5, 5.41) is 34.4. The first-order valence-corrected chi connectivity index (χ1v) is 10.0. The van der Waals surface area contributed by atoms with Gasteiger partial charge in [0.25, 0.3) is 0 Å². The minimum atomic E-state index is 0. The second kappa shape index (κ2) is 16.3. The Bertz CT molecular complexity index is 1050. The van der Waals surface area contributed by atoms with E-state index < -0.39 is 0 Å². The van der Waals surface area contributed by atoms with Crippen LogP contribution in [0.15, 0.2) is 84.9 Å². The number of nitriles is 2. The fourth-order valence-electron chi connectivity index (χ4n) is 2.34. The molecule has 0 atom stereocenters. The standard InChI is InChI=1S/2C7H5NO.2C7H9.Zr/c2*8-5-6-3-1-2-4-7(6)9;2*1-6-4-3-5-7(6)2;/h2*1-4,9H;2*3-5H,1-2H3;/q;;2*-1;+2. The number of aromatic hydroxyl groups is 2. The normalized spacial score (nSPS) is 8.55. The molecule has 0 saturated heterocycles. The number of phenols is 2. The van der Waals surface area contributed by atoms with E-state index in [1.165, 1.54) is 34.4 Å². The van der Waals surface area contributed by atoms with Gasteiger partial charge in [-0.15, -0.1) is 0 Å². The monoisotopic (exact) mass is 514 g/mol. The van der Waals surface area contributed by atoms with Crippen LogP contribution in [0.5, 0.6) is 11.5 Å². The minimum absolute atomic E-state index is 0. The van der Waals surface area contributed by atoms with Crippen molar-refractivity contribution >= 4 is 0 Å². The SMILES string of the molecule is Cc1ccc[c-]1C.Cc1ccc[c-]1C.N#Cc1ccccc1O.N#Cc1ccccc1O.[Zr+2]. The van der Waals surface area contributed by atoms with E-state index in [0.29, 0.717) is 11.1 Å². The van der Waals surface area contributed by atoms with Gasteiger partial charge in [-0.3, -0.25) is 0 Å². The molecule has 5 heteroatoms. The Morgan fingerprint density at radius 1 is 0.606 bits per heavy atom. The van der Waals surface area contributed by atoms with E-state index in [-0.39, 0.29) is 37.7 Å². The summed E-state index contributed by atoms with van der Waals surface area (Å²) < 4.78 is 0. The van der Waals surface area contributed by atoms with Crippen LogP contribution in [0.25, 0.3) is 0 Å². The van der Waals surface area contributed by atoms with Crippen LogP contribution in [-0.4, -0.2) is 10.2 Å². The van der Waals surface area contributed by atoms with Crippen molar-refractivity contribution in [1.29, 1.82) is 10.5 Å². The summed E-state index contributed by atoms with van der Waals surface area (Å²) in [7, 11) is 0. The van der Waals surface area contributed by atoms with E-state index in [1.54, 1.807) is 36.4 Å². The topological polar surface area (TPSA) is 88.0 Å². The van der Waals surface area contributed by atoms with Crippen LogP contribution in [0.2, 0.25) is 0 Å². The van der Waals surface area contributed by atoms with E-state index in [1.807, 2.05) is 12.1 Å². The number of benzene rings is 2. The molecule has 0 aliphatic carbocycles. The molecule has 2 N–H and O–H groups in total. The number of para-hydroxylation sites is 2. The maximum Gasteiger partial charge on any atom is 2.00 e. The average molecular weight is 516 g/mol. The molecule has 166 valence electrons. The Morgan fingerprint density at radius 3 is 1.09 bits per heavy atom. The summed E-state index contributed by atoms with van der Waals surface area (Å²) in [6.45, 7) is 8.48. The van der Waals surface area contributed by atoms with Crippen molar-refractivity contribution in [3.05, 3.63) is 118 Å². The fraction of sp³-hybridized carbons (Fsp3) is 0.143. The van der Waals surface area contributed by atoms with Gasteiger partial charge in [-0.2, -0.15) is 44.9 Å². The molecule has 33 heavy (non-hydrogen) atoms. The van der Waals surface area contributed by atoms with Crippen molar-refractivity contribution < 1.29 is 36.4 Å². The van der Waals surface area contributed by atoms with Gasteiger partial charge in [-0.05, 0) is 24.3 Å². The van der Waals surface area contributed by atoms with Gasteiger partial charge in [-0.1, -0.05) is 52.0 Å². The third kappa shape index (κ3) is 11.2. The molecule has 0 spiro atoms. The molecule has 0 aliphatic rings. The van der Waals surface area contributed by atoms with Crippen molar-refractivity contribution in [2.75, 3.05) is 0 Å². The van der Waals surface area contributed by atoms with Gasteiger partial charge in [0.2, 0.25) is 0 Å². The minimum Gasteiger partial charge on any atom is -0.507 e. The quantitative estimate of drug-likeness (QED) is 0.259. The predicted molar refractivity (Wildman–Crippen MR) is 129 cm³/mol. The summed E-state index contributed by atoms with van der Waals surface area (Å²) in [5.41, 5.74) is 6.19. The molecule has 4 nitrogen and oxygen atoms in total. The molecule has 0 heterocycles. The first-order chi connectivity index (χ1) is 15.3. The molecule has 0 radical (unpaired) electrons. The fourth-order valence-corrected chi connectivity index (χ4v) is 2.34. The summed E-state index contributed by atoms with van der Waals surface area (Å²) in [4.78, 5) is 0. The maximum atomic E-state index is 8.89. The van der Waals surface area contributed by atoms with Crippen molar-refractivity contribution in [2.45, 2.75) is 27.7 Å². The van der Waals surface area contributed by atoms with Gasteiger partial charge in [0.05, 0.1) is 11.1 Å². The summed E-state index contributed by atoms with van der Waals surface area (Å²) in [5.74, 6) is 0.0833. The number of phenolic OH excluding ortho intramolecular Hbond substituents is 2. The van der Waals surface area contributed by atoms with E-state index in [2.05, 4.69) is 64.1 Å². The van der Waals surface area contributed by atoms with Crippen molar-refractivity contribution in [2.24, 2.45) is 0 Å².